The summed E-state index contributed by atoms with van der Waals surface area (Å²) in [6.07, 6.45) is 53.3. The quantitative estimate of drug-likeness (QED) is 0.0195. The molecule has 2 atom stereocenters. The van der Waals surface area contributed by atoms with Gasteiger partial charge < -0.3 is 27.9 Å². The summed E-state index contributed by atoms with van der Waals surface area (Å²) < 4.78 is 34.0. The number of phosphoric ester groups is 1. The van der Waals surface area contributed by atoms with Crippen molar-refractivity contribution in [2.75, 3.05) is 47.5 Å². The predicted molar refractivity (Wildman–Crippen MR) is 264 cm³/mol. The van der Waals surface area contributed by atoms with Crippen molar-refractivity contribution in [1.29, 1.82) is 0 Å². The number of hydrogen-bond acceptors (Lipinski definition) is 8. The Hall–Kier alpha value is -1.77. The van der Waals surface area contributed by atoms with E-state index in [0.717, 1.165) is 70.6 Å². The highest BCUT2D eigenvalue weighted by atomic mass is 31.2. The van der Waals surface area contributed by atoms with E-state index < -0.39 is 26.5 Å². The molecule has 0 aromatic rings. The number of carbonyl (C=O) groups is 2. The molecule has 0 fully saturated rings. The number of rotatable bonds is 48. The number of esters is 2. The summed E-state index contributed by atoms with van der Waals surface area (Å²) in [6.45, 7) is 4.13. The van der Waals surface area contributed by atoms with E-state index in [1.165, 1.54) is 135 Å². The van der Waals surface area contributed by atoms with Crippen LogP contribution in [0.1, 0.15) is 239 Å². The lowest BCUT2D eigenvalue weighted by Crippen LogP contribution is -2.37. The fraction of sp³-hybridized carbons (Fsp3) is 0.849. The van der Waals surface area contributed by atoms with Crippen molar-refractivity contribution >= 4 is 19.8 Å². The summed E-state index contributed by atoms with van der Waals surface area (Å²) in [6, 6.07) is 0. The summed E-state index contributed by atoms with van der Waals surface area (Å²) >= 11 is 0. The second-order valence-corrected chi connectivity index (χ2v) is 20.3. The maximum Gasteiger partial charge on any atom is 0.306 e. The van der Waals surface area contributed by atoms with E-state index >= 15 is 0 Å². The van der Waals surface area contributed by atoms with Crippen molar-refractivity contribution in [2.45, 2.75) is 245 Å². The topological polar surface area (TPSA) is 111 Å². The number of carbonyl (C=O) groups excluding carboxylic acids is 2. The van der Waals surface area contributed by atoms with Gasteiger partial charge in [0.15, 0.2) is 6.10 Å². The molecule has 0 rings (SSSR count). The number of phosphoric acid groups is 1. The van der Waals surface area contributed by atoms with E-state index in [9.17, 15) is 19.0 Å². The van der Waals surface area contributed by atoms with Gasteiger partial charge in [0.2, 0.25) is 0 Å². The molecule has 0 heterocycles. The van der Waals surface area contributed by atoms with Crippen LogP contribution < -0.4 is 4.89 Å². The Bertz CT molecular complexity index is 1170. The van der Waals surface area contributed by atoms with Gasteiger partial charge >= 0.3 is 11.9 Å². The van der Waals surface area contributed by atoms with Gasteiger partial charge in [-0.1, -0.05) is 217 Å². The third kappa shape index (κ3) is 49.5. The first-order chi connectivity index (χ1) is 30.5. The molecule has 0 aliphatic rings. The van der Waals surface area contributed by atoms with Crippen molar-refractivity contribution in [3.8, 4) is 0 Å². The first kappa shape index (κ1) is 61.2. The molecule has 0 aliphatic carbocycles. The fourth-order valence-corrected chi connectivity index (χ4v) is 8.11. The minimum Gasteiger partial charge on any atom is -0.756 e. The monoisotopic (exact) mass is 910 g/mol. The lowest BCUT2D eigenvalue weighted by atomic mass is 10.0. The van der Waals surface area contributed by atoms with Crippen molar-refractivity contribution in [1.82, 2.24) is 0 Å². The Morgan fingerprint density at radius 2 is 0.905 bits per heavy atom. The van der Waals surface area contributed by atoms with E-state index in [1.807, 2.05) is 21.1 Å². The van der Waals surface area contributed by atoms with Crippen molar-refractivity contribution < 1.29 is 42.1 Å². The second kappa shape index (κ2) is 45.4. The Morgan fingerprint density at radius 1 is 0.508 bits per heavy atom. The van der Waals surface area contributed by atoms with Crippen LogP contribution in [-0.2, 0) is 32.7 Å². The third-order valence-electron chi connectivity index (χ3n) is 11.4. The summed E-state index contributed by atoms with van der Waals surface area (Å²) in [5.74, 6) is -0.844. The van der Waals surface area contributed by atoms with Crippen LogP contribution in [0.4, 0.5) is 0 Å². The lowest BCUT2D eigenvalue weighted by molar-refractivity contribution is -0.870. The zero-order chi connectivity index (χ0) is 46.4. The Labute approximate surface area is 389 Å². The number of quaternary nitrogens is 1. The minimum atomic E-state index is -4.63. The molecule has 0 saturated heterocycles. The van der Waals surface area contributed by atoms with Crippen LogP contribution in [0.25, 0.3) is 0 Å². The highest BCUT2D eigenvalue weighted by Crippen LogP contribution is 2.38. The summed E-state index contributed by atoms with van der Waals surface area (Å²) in [4.78, 5) is 37.7. The van der Waals surface area contributed by atoms with Crippen molar-refractivity contribution in [3.63, 3.8) is 0 Å². The van der Waals surface area contributed by atoms with Crippen LogP contribution in [0.5, 0.6) is 0 Å². The molecule has 0 radical (unpaired) electrons. The Morgan fingerprint density at radius 3 is 1.35 bits per heavy atom. The van der Waals surface area contributed by atoms with E-state index in [4.69, 9.17) is 18.5 Å². The summed E-state index contributed by atoms with van der Waals surface area (Å²) in [7, 11) is 1.16. The maximum absolute atomic E-state index is 12.7. The van der Waals surface area contributed by atoms with E-state index in [-0.39, 0.29) is 32.0 Å². The van der Waals surface area contributed by atoms with Crippen LogP contribution in [-0.4, -0.2) is 70.0 Å². The molecule has 2 unspecified atom stereocenters. The van der Waals surface area contributed by atoms with Crippen molar-refractivity contribution in [2.24, 2.45) is 0 Å². The average molecular weight is 910 g/mol. The van der Waals surface area contributed by atoms with Gasteiger partial charge in [-0.3, -0.25) is 14.2 Å². The molecule has 0 spiro atoms. The Balaban J connectivity index is 4.16. The van der Waals surface area contributed by atoms with Gasteiger partial charge in [0.05, 0.1) is 27.7 Å². The molecule has 370 valence electrons. The summed E-state index contributed by atoms with van der Waals surface area (Å²) in [5, 5.41) is 0. The smallest absolute Gasteiger partial charge is 0.306 e. The molecule has 0 amide bonds. The van der Waals surface area contributed by atoms with Crippen LogP contribution in [0.15, 0.2) is 36.5 Å². The Kier molecular flexibility index (Phi) is 44.1. The van der Waals surface area contributed by atoms with Gasteiger partial charge in [0, 0.05) is 12.8 Å². The molecule has 0 aromatic heterocycles. The molecular weight excluding hydrogens is 810 g/mol. The molecule has 10 heteroatoms. The van der Waals surface area contributed by atoms with Crippen LogP contribution in [0, 0.1) is 0 Å². The number of ether oxygens (including phenoxy) is 2. The van der Waals surface area contributed by atoms with Crippen LogP contribution in [0.2, 0.25) is 0 Å². The van der Waals surface area contributed by atoms with Crippen molar-refractivity contribution in [3.05, 3.63) is 36.5 Å². The predicted octanol–water partition coefficient (Wildman–Crippen LogP) is 15.0. The molecule has 0 saturated carbocycles. The fourth-order valence-electron chi connectivity index (χ4n) is 7.38. The molecule has 0 aromatic carbocycles. The van der Waals surface area contributed by atoms with Gasteiger partial charge in [-0.15, -0.1) is 0 Å². The van der Waals surface area contributed by atoms with E-state index in [0.29, 0.717) is 17.4 Å². The third-order valence-corrected chi connectivity index (χ3v) is 12.4. The van der Waals surface area contributed by atoms with Gasteiger partial charge in [-0.05, 0) is 44.9 Å². The lowest BCUT2D eigenvalue weighted by Gasteiger charge is -2.28. The summed E-state index contributed by atoms with van der Waals surface area (Å²) in [5.41, 5.74) is 0. The molecule has 0 bridgehead atoms. The average Bonchev–Trinajstić information content (AvgIpc) is 3.24. The number of likely N-dealkylation sites (N-methyl/N-ethyl adjacent to an activating group) is 1. The molecular formula is C53H100NO8P. The highest BCUT2D eigenvalue weighted by molar-refractivity contribution is 7.45. The van der Waals surface area contributed by atoms with Gasteiger partial charge in [-0.25, -0.2) is 0 Å². The highest BCUT2D eigenvalue weighted by Gasteiger charge is 2.21. The molecule has 0 aliphatic heterocycles. The van der Waals surface area contributed by atoms with Crippen LogP contribution in [0.3, 0.4) is 0 Å². The van der Waals surface area contributed by atoms with Gasteiger partial charge in [0.1, 0.15) is 19.8 Å². The van der Waals surface area contributed by atoms with Crippen LogP contribution >= 0.6 is 7.82 Å². The minimum absolute atomic E-state index is 0.0336. The zero-order valence-electron chi connectivity index (χ0n) is 41.8. The van der Waals surface area contributed by atoms with Gasteiger partial charge in [0.25, 0.3) is 7.82 Å². The number of hydrogen-bond donors (Lipinski definition) is 0. The standard InChI is InChI=1S/C53H100NO8P/c1-6-8-10-12-14-16-18-20-22-23-24-25-26-27-28-29-30-32-33-35-37-39-41-43-45-52(55)59-49-51(50-61-63(57,58)60-48-47-54(3,4)5)62-53(56)46-44-42-40-38-36-34-31-21-19-17-15-13-11-9-7-2/h9,11,15,17,21,31,51H,6-8,10,12-14,16,18-20,22-30,32-50H2,1-5H3/b11-9-,17-15-,31-21-. The van der Waals surface area contributed by atoms with E-state index in [2.05, 4.69) is 50.3 Å². The first-order valence-electron chi connectivity index (χ1n) is 26.2. The molecule has 0 N–H and O–H groups in total. The molecule has 63 heavy (non-hydrogen) atoms. The SMILES string of the molecule is CC/C=C\C/C=C\C/C=C\CCCCCCCC(=O)OC(COC(=O)CCCCCCCCCCCCCCCCCCCCCCCCCC)COP(=O)([O-])OCC[N+](C)(C)C. The number of unbranched alkanes of at least 4 members (excludes halogenated alkanes) is 28. The maximum atomic E-state index is 12.7. The van der Waals surface area contributed by atoms with Gasteiger partial charge in [-0.2, -0.15) is 0 Å². The van der Waals surface area contributed by atoms with E-state index in [1.54, 1.807) is 0 Å². The normalized spacial score (nSPS) is 13.7. The number of nitrogens with zero attached hydrogens (tertiary/aromatic N) is 1. The molecule has 9 nitrogen and oxygen atoms in total. The zero-order valence-corrected chi connectivity index (χ0v) is 42.7. The largest absolute Gasteiger partial charge is 0.756 e. The number of allylic oxidation sites excluding steroid dienone is 6. The second-order valence-electron chi connectivity index (χ2n) is 18.9. The first-order valence-corrected chi connectivity index (χ1v) is 27.7.